The number of likely N-dealkylation sites (tertiary alicyclic amines) is 1. The van der Waals surface area contributed by atoms with Crippen molar-refractivity contribution >= 4 is 10.9 Å². The van der Waals surface area contributed by atoms with E-state index in [9.17, 15) is 0 Å². The number of aryl methyl sites for hydroxylation is 3. The summed E-state index contributed by atoms with van der Waals surface area (Å²) in [5.41, 5.74) is 8.71. The first kappa shape index (κ1) is 21.8. The minimum absolute atomic E-state index is 0.436. The second kappa shape index (κ2) is 8.75. The van der Waals surface area contributed by atoms with Gasteiger partial charge in [0.1, 0.15) is 12.2 Å². The predicted octanol–water partition coefficient (Wildman–Crippen LogP) is 5.48. The minimum Gasteiger partial charge on any atom is -0.354 e. The van der Waals surface area contributed by atoms with Gasteiger partial charge < -0.3 is 9.55 Å². The van der Waals surface area contributed by atoms with Crippen LogP contribution in [0.1, 0.15) is 66.9 Å². The Kier molecular flexibility index (Phi) is 5.79. The van der Waals surface area contributed by atoms with Crippen LogP contribution in [0.5, 0.6) is 0 Å². The minimum atomic E-state index is 0.436. The van der Waals surface area contributed by atoms with Crippen LogP contribution < -0.4 is 0 Å². The molecule has 0 amide bonds. The number of fused-ring (bicyclic) bond motifs is 1. The third kappa shape index (κ3) is 4.32. The largest absolute Gasteiger partial charge is 0.354 e. The highest BCUT2D eigenvalue weighted by molar-refractivity contribution is 5.92. The monoisotopic (exact) mass is 442 g/mol. The van der Waals surface area contributed by atoms with Gasteiger partial charge in [-0.2, -0.15) is 0 Å². The van der Waals surface area contributed by atoms with Crippen LogP contribution in [-0.4, -0.2) is 42.7 Å². The molecule has 1 fully saturated rings. The van der Waals surface area contributed by atoms with E-state index in [1.165, 1.54) is 46.1 Å². The molecule has 0 bridgehead atoms. The number of hydrogen-bond donors (Lipinski definition) is 1. The maximum Gasteiger partial charge on any atom is 0.146 e. The SMILES string of the molecule is Cc1cc(-c2[nH]c3ccc(C4CCN(Cc5nncn5C)CC4)cc3c2C(C)C)cc(C)n1. The van der Waals surface area contributed by atoms with Crippen LogP contribution in [0.15, 0.2) is 36.7 Å². The Morgan fingerprint density at radius 2 is 1.79 bits per heavy atom. The lowest BCUT2D eigenvalue weighted by atomic mass is 9.87. The van der Waals surface area contributed by atoms with E-state index in [2.05, 4.69) is 83.1 Å². The summed E-state index contributed by atoms with van der Waals surface area (Å²) < 4.78 is 2.02. The summed E-state index contributed by atoms with van der Waals surface area (Å²) in [6.07, 6.45) is 4.14. The molecule has 6 nitrogen and oxygen atoms in total. The maximum absolute atomic E-state index is 4.57. The Morgan fingerprint density at radius 3 is 2.42 bits per heavy atom. The van der Waals surface area contributed by atoms with Crippen molar-refractivity contribution in [3.63, 3.8) is 0 Å². The van der Waals surface area contributed by atoms with Crippen molar-refractivity contribution in [1.29, 1.82) is 0 Å². The van der Waals surface area contributed by atoms with Gasteiger partial charge in [-0.3, -0.25) is 9.88 Å². The van der Waals surface area contributed by atoms with E-state index in [0.717, 1.165) is 36.8 Å². The van der Waals surface area contributed by atoms with Gasteiger partial charge >= 0.3 is 0 Å². The van der Waals surface area contributed by atoms with Crippen molar-refractivity contribution in [3.8, 4) is 11.3 Å². The number of nitrogens with zero attached hydrogens (tertiary/aromatic N) is 5. The molecule has 1 aromatic carbocycles. The second-order valence-electron chi connectivity index (χ2n) is 9.92. The molecule has 3 aromatic heterocycles. The molecular formula is C27H34N6. The number of hydrogen-bond acceptors (Lipinski definition) is 4. The molecule has 172 valence electrons. The van der Waals surface area contributed by atoms with E-state index >= 15 is 0 Å². The zero-order valence-electron chi connectivity index (χ0n) is 20.4. The van der Waals surface area contributed by atoms with Crippen LogP contribution in [0.3, 0.4) is 0 Å². The van der Waals surface area contributed by atoms with E-state index in [1.807, 2.05) is 11.6 Å². The van der Waals surface area contributed by atoms with E-state index in [0.29, 0.717) is 11.8 Å². The summed E-state index contributed by atoms with van der Waals surface area (Å²) in [6, 6.07) is 11.5. The molecule has 4 heterocycles. The molecule has 6 heteroatoms. The number of pyridine rings is 1. The first-order chi connectivity index (χ1) is 15.9. The van der Waals surface area contributed by atoms with Crippen molar-refractivity contribution in [1.82, 2.24) is 29.6 Å². The molecule has 1 aliphatic heterocycles. The predicted molar refractivity (Wildman–Crippen MR) is 133 cm³/mol. The summed E-state index contributed by atoms with van der Waals surface area (Å²) in [7, 11) is 2.02. The fraction of sp³-hybridized carbons (Fsp3) is 0.444. The van der Waals surface area contributed by atoms with Gasteiger partial charge in [-0.25, -0.2) is 0 Å². The van der Waals surface area contributed by atoms with Crippen molar-refractivity contribution in [2.24, 2.45) is 7.05 Å². The highest BCUT2D eigenvalue weighted by Gasteiger charge is 2.23. The molecule has 5 rings (SSSR count). The number of piperidine rings is 1. The van der Waals surface area contributed by atoms with Gasteiger partial charge in [0.15, 0.2) is 0 Å². The fourth-order valence-electron chi connectivity index (χ4n) is 5.37. The molecule has 33 heavy (non-hydrogen) atoms. The molecule has 0 saturated carbocycles. The molecular weight excluding hydrogens is 408 g/mol. The van der Waals surface area contributed by atoms with Crippen LogP contribution >= 0.6 is 0 Å². The summed E-state index contributed by atoms with van der Waals surface area (Å²) in [5, 5.41) is 9.63. The third-order valence-electron chi connectivity index (χ3n) is 7.04. The average Bonchev–Trinajstić information content (AvgIpc) is 3.36. The molecule has 0 atom stereocenters. The van der Waals surface area contributed by atoms with Gasteiger partial charge in [-0.1, -0.05) is 19.9 Å². The third-order valence-corrected chi connectivity index (χ3v) is 7.04. The summed E-state index contributed by atoms with van der Waals surface area (Å²) in [5.74, 6) is 2.08. The van der Waals surface area contributed by atoms with Gasteiger partial charge in [0.05, 0.1) is 12.2 Å². The first-order valence-corrected chi connectivity index (χ1v) is 12.1. The molecule has 1 aliphatic rings. The fourth-order valence-corrected chi connectivity index (χ4v) is 5.37. The van der Waals surface area contributed by atoms with Crippen LogP contribution in [0, 0.1) is 13.8 Å². The maximum atomic E-state index is 4.57. The first-order valence-electron chi connectivity index (χ1n) is 12.1. The second-order valence-corrected chi connectivity index (χ2v) is 9.92. The van der Waals surface area contributed by atoms with Crippen LogP contribution in [0.4, 0.5) is 0 Å². The number of H-pyrrole nitrogens is 1. The van der Waals surface area contributed by atoms with Gasteiger partial charge in [-0.05, 0) is 87.0 Å². The van der Waals surface area contributed by atoms with Gasteiger partial charge in [0.2, 0.25) is 0 Å². The molecule has 1 N–H and O–H groups in total. The lowest BCUT2D eigenvalue weighted by molar-refractivity contribution is 0.198. The topological polar surface area (TPSA) is 62.6 Å². The van der Waals surface area contributed by atoms with Crippen molar-refractivity contribution in [3.05, 3.63) is 65.0 Å². The molecule has 0 unspecified atom stereocenters. The van der Waals surface area contributed by atoms with E-state index in [-0.39, 0.29) is 0 Å². The summed E-state index contributed by atoms with van der Waals surface area (Å²) in [6.45, 7) is 11.8. The van der Waals surface area contributed by atoms with Crippen LogP contribution in [-0.2, 0) is 13.6 Å². The van der Waals surface area contributed by atoms with Crippen molar-refractivity contribution in [2.75, 3.05) is 13.1 Å². The van der Waals surface area contributed by atoms with Crippen LogP contribution in [0.2, 0.25) is 0 Å². The smallest absolute Gasteiger partial charge is 0.146 e. The lowest BCUT2D eigenvalue weighted by Crippen LogP contribution is -2.33. The van der Waals surface area contributed by atoms with Crippen molar-refractivity contribution < 1.29 is 0 Å². The number of rotatable bonds is 5. The zero-order valence-corrected chi connectivity index (χ0v) is 20.4. The van der Waals surface area contributed by atoms with Gasteiger partial charge in [-0.15, -0.1) is 10.2 Å². The van der Waals surface area contributed by atoms with Gasteiger partial charge in [0.25, 0.3) is 0 Å². The number of aromatic nitrogens is 5. The Bertz CT molecular complexity index is 1250. The highest BCUT2D eigenvalue weighted by atomic mass is 15.3. The lowest BCUT2D eigenvalue weighted by Gasteiger charge is -2.31. The molecule has 0 aliphatic carbocycles. The summed E-state index contributed by atoms with van der Waals surface area (Å²) in [4.78, 5) is 10.8. The van der Waals surface area contributed by atoms with E-state index in [1.54, 1.807) is 6.33 Å². The summed E-state index contributed by atoms with van der Waals surface area (Å²) >= 11 is 0. The zero-order chi connectivity index (χ0) is 23.1. The van der Waals surface area contributed by atoms with Gasteiger partial charge in [0, 0.05) is 34.9 Å². The molecule has 0 spiro atoms. The highest BCUT2D eigenvalue weighted by Crippen LogP contribution is 2.38. The Hall–Kier alpha value is -2.99. The molecule has 1 saturated heterocycles. The average molecular weight is 443 g/mol. The quantitative estimate of drug-likeness (QED) is 0.445. The normalized spacial score (nSPS) is 15.7. The Morgan fingerprint density at radius 1 is 1.06 bits per heavy atom. The Balaban J connectivity index is 1.41. The molecule has 0 radical (unpaired) electrons. The Labute approximate surface area is 196 Å². The standard InChI is InChI=1S/C27H34N6/c1-17(2)26-23-14-21(20-8-10-33(11-9-20)15-25-31-28-16-32(25)5)6-7-24(23)30-27(26)22-12-18(3)29-19(4)13-22/h6-7,12-14,16-17,20,30H,8-11,15H2,1-5H3. The number of benzene rings is 1. The number of aromatic amines is 1. The number of nitrogens with one attached hydrogen (secondary N) is 1. The van der Waals surface area contributed by atoms with Crippen LogP contribution in [0.25, 0.3) is 22.2 Å². The van der Waals surface area contributed by atoms with E-state index in [4.69, 9.17) is 0 Å². The van der Waals surface area contributed by atoms with E-state index < -0.39 is 0 Å². The van der Waals surface area contributed by atoms with Crippen molar-refractivity contribution in [2.45, 2.75) is 58.9 Å². The molecule has 4 aromatic rings.